The molecule has 0 bridgehead atoms. The molecule has 4 nitrogen and oxygen atoms in total. The Bertz CT molecular complexity index is 1190. The first-order chi connectivity index (χ1) is 15.4. The number of hydrogen-bond donors (Lipinski definition) is 2. The minimum absolute atomic E-state index is 0.0194. The monoisotopic (exact) mass is 442 g/mol. The fourth-order valence-corrected chi connectivity index (χ4v) is 4.31. The fraction of sp³-hybridized carbons (Fsp3) is 0.222. The largest absolute Gasteiger partial charge is 0.361 e. The highest BCUT2D eigenvalue weighted by molar-refractivity contribution is 6.30. The molecule has 0 aliphatic carbocycles. The third-order valence-corrected chi connectivity index (χ3v) is 6.24. The van der Waals surface area contributed by atoms with Gasteiger partial charge in [0, 0.05) is 28.0 Å². The molecule has 2 N–H and O–H groups in total. The van der Waals surface area contributed by atoms with Crippen LogP contribution in [0, 0.1) is 0 Å². The van der Waals surface area contributed by atoms with Crippen LogP contribution in [0.5, 0.6) is 0 Å². The van der Waals surface area contributed by atoms with Crippen LogP contribution >= 0.6 is 11.6 Å². The second-order valence-corrected chi connectivity index (χ2v) is 9.72. The van der Waals surface area contributed by atoms with Gasteiger partial charge < -0.3 is 15.5 Å². The number of nitrogens with zero attached hydrogens (tertiary/aromatic N) is 2. The van der Waals surface area contributed by atoms with E-state index in [1.54, 1.807) is 0 Å². The Morgan fingerprint density at radius 3 is 2.41 bits per heavy atom. The Labute approximate surface area is 194 Å². The number of benzene rings is 3. The summed E-state index contributed by atoms with van der Waals surface area (Å²) < 4.78 is 0. The van der Waals surface area contributed by atoms with Crippen molar-refractivity contribution in [2.45, 2.75) is 32.4 Å². The Hall–Kier alpha value is -3.24. The van der Waals surface area contributed by atoms with Crippen LogP contribution in [0.15, 0.2) is 83.9 Å². The molecule has 0 amide bonds. The van der Waals surface area contributed by atoms with Crippen LogP contribution in [0.2, 0.25) is 5.02 Å². The van der Waals surface area contributed by atoms with Crippen LogP contribution in [-0.2, 0) is 5.41 Å². The van der Waals surface area contributed by atoms with Crippen molar-refractivity contribution < 1.29 is 0 Å². The second-order valence-electron chi connectivity index (χ2n) is 9.28. The van der Waals surface area contributed by atoms with Gasteiger partial charge in [0.15, 0.2) is 0 Å². The molecule has 2 aliphatic rings. The molecule has 3 aromatic carbocycles. The van der Waals surface area contributed by atoms with Crippen molar-refractivity contribution in [2.24, 2.45) is 4.99 Å². The van der Waals surface area contributed by atoms with Gasteiger partial charge in [-0.25, -0.2) is 4.99 Å². The van der Waals surface area contributed by atoms with E-state index in [9.17, 15) is 0 Å². The number of amidine groups is 1. The standard InChI is InChI=1S/C27H27ClN4/c1-27(2,3)19-10-8-18(9-11-19)26-31-23-7-5-4-6-22(23)24-16-25(29-17-32(24)26)30-21-14-12-20(28)13-15-21/h4-16,26,31H,17H2,1-3H3,(H,29,30). The molecule has 162 valence electrons. The minimum atomic E-state index is 0.0194. The summed E-state index contributed by atoms with van der Waals surface area (Å²) in [6.07, 6.45) is 2.15. The van der Waals surface area contributed by atoms with Gasteiger partial charge >= 0.3 is 0 Å². The van der Waals surface area contributed by atoms with E-state index in [-0.39, 0.29) is 11.6 Å². The van der Waals surface area contributed by atoms with Crippen molar-refractivity contribution >= 4 is 34.5 Å². The van der Waals surface area contributed by atoms with E-state index in [1.807, 2.05) is 24.3 Å². The highest BCUT2D eigenvalue weighted by Gasteiger charge is 2.32. The molecule has 1 atom stereocenters. The van der Waals surface area contributed by atoms with Gasteiger partial charge in [0.05, 0.1) is 5.70 Å². The Kier molecular flexibility index (Phi) is 5.18. The van der Waals surface area contributed by atoms with E-state index in [0.29, 0.717) is 6.67 Å². The quantitative estimate of drug-likeness (QED) is 0.454. The van der Waals surface area contributed by atoms with Crippen LogP contribution in [0.1, 0.15) is 43.6 Å². The zero-order chi connectivity index (χ0) is 22.3. The average molecular weight is 443 g/mol. The number of anilines is 2. The van der Waals surface area contributed by atoms with Gasteiger partial charge in [-0.2, -0.15) is 0 Å². The van der Waals surface area contributed by atoms with Gasteiger partial charge in [0.25, 0.3) is 0 Å². The van der Waals surface area contributed by atoms with Gasteiger partial charge in [-0.15, -0.1) is 0 Å². The van der Waals surface area contributed by atoms with E-state index >= 15 is 0 Å². The van der Waals surface area contributed by atoms with Crippen LogP contribution < -0.4 is 10.6 Å². The third-order valence-electron chi connectivity index (χ3n) is 5.99. The number of rotatable bonds is 2. The highest BCUT2D eigenvalue weighted by Crippen LogP contribution is 2.41. The first kappa shape index (κ1) is 20.7. The summed E-state index contributed by atoms with van der Waals surface area (Å²) in [6.45, 7) is 7.29. The summed E-state index contributed by atoms with van der Waals surface area (Å²) in [6, 6.07) is 25.1. The number of fused-ring (bicyclic) bond motifs is 3. The predicted octanol–water partition coefficient (Wildman–Crippen LogP) is 6.89. The van der Waals surface area contributed by atoms with Crippen LogP contribution in [-0.4, -0.2) is 17.4 Å². The smallest absolute Gasteiger partial charge is 0.129 e. The van der Waals surface area contributed by atoms with Gasteiger partial charge in [-0.3, -0.25) is 0 Å². The molecule has 1 unspecified atom stereocenters. The van der Waals surface area contributed by atoms with Gasteiger partial charge in [0.1, 0.15) is 18.7 Å². The van der Waals surface area contributed by atoms with E-state index in [4.69, 9.17) is 16.6 Å². The Balaban J connectivity index is 1.48. The Morgan fingerprint density at radius 1 is 0.969 bits per heavy atom. The summed E-state index contributed by atoms with van der Waals surface area (Å²) in [5, 5.41) is 7.86. The summed E-state index contributed by atoms with van der Waals surface area (Å²) in [7, 11) is 0. The maximum Gasteiger partial charge on any atom is 0.129 e. The molecule has 0 spiro atoms. The second kappa shape index (κ2) is 8.03. The topological polar surface area (TPSA) is 39.7 Å². The number of halogens is 1. The molecular weight excluding hydrogens is 416 g/mol. The van der Waals surface area contributed by atoms with Crippen molar-refractivity contribution in [3.63, 3.8) is 0 Å². The van der Waals surface area contributed by atoms with Gasteiger partial charge in [-0.1, -0.05) is 74.8 Å². The molecule has 5 rings (SSSR count). The fourth-order valence-electron chi connectivity index (χ4n) is 4.18. The van der Waals surface area contributed by atoms with Crippen LogP contribution in [0.3, 0.4) is 0 Å². The SMILES string of the molecule is CC(C)(C)c1ccc(C2Nc3ccccc3C3=CC(Nc4ccc(Cl)cc4)=NCN32)cc1. The van der Waals surface area contributed by atoms with Gasteiger partial charge in [0.2, 0.25) is 0 Å². The molecule has 0 aromatic heterocycles. The average Bonchev–Trinajstić information content (AvgIpc) is 2.79. The minimum Gasteiger partial charge on any atom is -0.361 e. The van der Waals surface area contributed by atoms with Crippen LogP contribution in [0.25, 0.3) is 5.70 Å². The molecule has 32 heavy (non-hydrogen) atoms. The molecule has 0 saturated heterocycles. The summed E-state index contributed by atoms with van der Waals surface area (Å²) >= 11 is 6.03. The summed E-state index contributed by atoms with van der Waals surface area (Å²) in [5.41, 5.74) is 7.13. The maximum atomic E-state index is 6.03. The molecule has 0 radical (unpaired) electrons. The van der Waals surface area contributed by atoms with E-state index in [0.717, 1.165) is 27.9 Å². The summed E-state index contributed by atoms with van der Waals surface area (Å²) in [5.74, 6) is 0.845. The number of para-hydroxylation sites is 1. The number of nitrogens with one attached hydrogen (secondary N) is 2. The summed E-state index contributed by atoms with van der Waals surface area (Å²) in [4.78, 5) is 7.14. The molecular formula is C27H27ClN4. The lowest BCUT2D eigenvalue weighted by molar-refractivity contribution is 0.326. The Morgan fingerprint density at radius 2 is 1.69 bits per heavy atom. The third kappa shape index (κ3) is 3.98. The van der Waals surface area contributed by atoms with Crippen molar-refractivity contribution in [1.82, 2.24) is 4.90 Å². The van der Waals surface area contributed by atoms with Crippen molar-refractivity contribution in [1.29, 1.82) is 0 Å². The van der Waals surface area contributed by atoms with Gasteiger partial charge in [-0.05, 0) is 46.9 Å². The first-order valence-electron chi connectivity index (χ1n) is 10.9. The highest BCUT2D eigenvalue weighted by atomic mass is 35.5. The van der Waals surface area contributed by atoms with Crippen molar-refractivity contribution in [2.75, 3.05) is 17.3 Å². The van der Waals surface area contributed by atoms with E-state index in [2.05, 4.69) is 90.9 Å². The first-order valence-corrected chi connectivity index (χ1v) is 11.3. The molecule has 0 fully saturated rings. The number of hydrogen-bond acceptors (Lipinski definition) is 4. The normalized spacial score (nSPS) is 17.5. The van der Waals surface area contributed by atoms with E-state index < -0.39 is 0 Å². The molecule has 2 heterocycles. The molecule has 5 heteroatoms. The molecule has 0 saturated carbocycles. The molecule has 2 aliphatic heterocycles. The lowest BCUT2D eigenvalue weighted by Gasteiger charge is -2.42. The molecule has 3 aromatic rings. The lowest BCUT2D eigenvalue weighted by Crippen LogP contribution is -2.39. The van der Waals surface area contributed by atoms with E-state index in [1.165, 1.54) is 16.7 Å². The lowest BCUT2D eigenvalue weighted by atomic mass is 9.86. The zero-order valence-corrected chi connectivity index (χ0v) is 19.3. The zero-order valence-electron chi connectivity index (χ0n) is 18.6. The predicted molar refractivity (Wildman–Crippen MR) is 135 cm³/mol. The number of aliphatic imine (C=N–C) groups is 1. The van der Waals surface area contributed by atoms with Crippen LogP contribution in [0.4, 0.5) is 11.4 Å². The maximum absolute atomic E-state index is 6.03. The van der Waals surface area contributed by atoms with Crippen molar-refractivity contribution in [3.05, 3.63) is 101 Å². The van der Waals surface area contributed by atoms with Crippen molar-refractivity contribution in [3.8, 4) is 0 Å².